The van der Waals surface area contributed by atoms with Crippen LogP contribution in [0, 0.1) is 0 Å². The van der Waals surface area contributed by atoms with E-state index in [4.69, 9.17) is 9.47 Å². The summed E-state index contributed by atoms with van der Waals surface area (Å²) in [6, 6.07) is 10.8. The van der Waals surface area contributed by atoms with Crippen molar-refractivity contribution >= 4 is 0 Å². The molecule has 6 heteroatoms. The van der Waals surface area contributed by atoms with E-state index in [9.17, 15) is 0 Å². The Morgan fingerprint density at radius 1 is 0.762 bits per heavy atom. The number of hydrogen-bond acceptors (Lipinski definition) is 6. The van der Waals surface area contributed by atoms with E-state index in [0.29, 0.717) is 29.0 Å². The van der Waals surface area contributed by atoms with Crippen molar-refractivity contribution in [2.45, 2.75) is 0 Å². The van der Waals surface area contributed by atoms with Gasteiger partial charge in [0.15, 0.2) is 17.3 Å². The molecular formula is C15H12N4O2. The number of hydrogen-bond donors (Lipinski definition) is 0. The van der Waals surface area contributed by atoms with Gasteiger partial charge in [-0.1, -0.05) is 12.1 Å². The zero-order valence-electron chi connectivity index (χ0n) is 11.3. The monoisotopic (exact) mass is 280 g/mol. The van der Waals surface area contributed by atoms with Gasteiger partial charge in [0, 0.05) is 24.7 Å². The molecule has 3 aromatic rings. The Bertz CT molecular complexity index is 735. The molecule has 21 heavy (non-hydrogen) atoms. The van der Waals surface area contributed by atoms with Crippen molar-refractivity contribution in [1.82, 2.24) is 19.9 Å². The van der Waals surface area contributed by atoms with Crippen molar-refractivity contribution in [3.05, 3.63) is 55.0 Å². The molecule has 0 atom stereocenters. The van der Waals surface area contributed by atoms with Crippen LogP contribution in [0.2, 0.25) is 0 Å². The molecule has 0 saturated carbocycles. The van der Waals surface area contributed by atoms with Crippen molar-refractivity contribution in [2.24, 2.45) is 0 Å². The summed E-state index contributed by atoms with van der Waals surface area (Å²) in [6.45, 7) is 0. The van der Waals surface area contributed by atoms with Gasteiger partial charge in [-0.15, -0.1) is 0 Å². The van der Waals surface area contributed by atoms with Crippen molar-refractivity contribution < 1.29 is 9.47 Å². The fourth-order valence-electron chi connectivity index (χ4n) is 1.74. The number of nitrogens with zero attached hydrogens (tertiary/aromatic N) is 4. The molecule has 104 valence electrons. The Labute approximate surface area is 121 Å². The van der Waals surface area contributed by atoms with Crippen LogP contribution in [0.25, 0.3) is 11.6 Å². The predicted octanol–water partition coefficient (Wildman–Crippen LogP) is 2.73. The average Bonchev–Trinajstić information content (AvgIpc) is 2.56. The van der Waals surface area contributed by atoms with Gasteiger partial charge in [0.2, 0.25) is 11.7 Å². The van der Waals surface area contributed by atoms with E-state index < -0.39 is 0 Å². The first-order valence-electron chi connectivity index (χ1n) is 6.28. The lowest BCUT2D eigenvalue weighted by atomic mass is 10.3. The van der Waals surface area contributed by atoms with Gasteiger partial charge in [-0.3, -0.25) is 0 Å². The van der Waals surface area contributed by atoms with Crippen LogP contribution in [-0.2, 0) is 0 Å². The second kappa shape index (κ2) is 5.96. The second-order valence-corrected chi connectivity index (χ2v) is 4.04. The van der Waals surface area contributed by atoms with Crippen LogP contribution in [0.15, 0.2) is 55.0 Å². The molecule has 0 saturated heterocycles. The summed E-state index contributed by atoms with van der Waals surface area (Å²) in [4.78, 5) is 16.7. The van der Waals surface area contributed by atoms with Crippen LogP contribution in [0.1, 0.15) is 0 Å². The van der Waals surface area contributed by atoms with Crippen molar-refractivity contribution in [2.75, 3.05) is 7.11 Å². The average molecular weight is 280 g/mol. The molecule has 0 radical (unpaired) electrons. The highest BCUT2D eigenvalue weighted by atomic mass is 16.5. The molecule has 0 unspecified atom stereocenters. The summed E-state index contributed by atoms with van der Waals surface area (Å²) < 4.78 is 11.0. The van der Waals surface area contributed by atoms with Crippen LogP contribution in [0.5, 0.6) is 17.4 Å². The van der Waals surface area contributed by atoms with Crippen LogP contribution in [-0.4, -0.2) is 27.0 Å². The largest absolute Gasteiger partial charge is 0.493 e. The lowest BCUT2D eigenvalue weighted by Gasteiger charge is -2.09. The first-order chi connectivity index (χ1) is 10.4. The first kappa shape index (κ1) is 13.0. The molecule has 6 nitrogen and oxygen atoms in total. The van der Waals surface area contributed by atoms with Gasteiger partial charge in [0.25, 0.3) is 0 Å². The van der Waals surface area contributed by atoms with Crippen molar-refractivity contribution in [3.63, 3.8) is 0 Å². The third-order valence-electron chi connectivity index (χ3n) is 2.68. The molecule has 0 bridgehead atoms. The number of aromatic nitrogens is 4. The van der Waals surface area contributed by atoms with Gasteiger partial charge >= 0.3 is 0 Å². The molecule has 0 amide bonds. The summed E-state index contributed by atoms with van der Waals surface area (Å²) in [6.07, 6.45) is 4.88. The maximum atomic E-state index is 5.73. The van der Waals surface area contributed by atoms with E-state index >= 15 is 0 Å². The third kappa shape index (κ3) is 2.94. The number of rotatable bonds is 4. The zero-order chi connectivity index (χ0) is 14.5. The summed E-state index contributed by atoms with van der Waals surface area (Å²) in [5.41, 5.74) is 0. The first-order valence-corrected chi connectivity index (χ1v) is 6.28. The van der Waals surface area contributed by atoms with E-state index in [1.165, 1.54) is 0 Å². The fourth-order valence-corrected chi connectivity index (χ4v) is 1.74. The Kier molecular flexibility index (Phi) is 3.68. The van der Waals surface area contributed by atoms with Crippen LogP contribution >= 0.6 is 0 Å². The Morgan fingerprint density at radius 3 is 2.24 bits per heavy atom. The predicted molar refractivity (Wildman–Crippen MR) is 76.1 cm³/mol. The SMILES string of the molecule is COc1ccccc1Oc1ccnc(-c2ncccn2)n1. The highest BCUT2D eigenvalue weighted by molar-refractivity contribution is 5.45. The molecule has 0 N–H and O–H groups in total. The van der Waals surface area contributed by atoms with Crippen LogP contribution < -0.4 is 9.47 Å². The molecule has 0 fully saturated rings. The molecule has 0 aliphatic rings. The lowest BCUT2D eigenvalue weighted by Crippen LogP contribution is -1.97. The normalized spacial score (nSPS) is 10.1. The standard InChI is InChI=1S/C15H12N4O2/c1-20-11-5-2-3-6-12(11)21-13-7-10-18-15(19-13)14-16-8-4-9-17-14/h2-10H,1H3. The third-order valence-corrected chi connectivity index (χ3v) is 2.68. The minimum absolute atomic E-state index is 0.400. The molecule has 1 aromatic carbocycles. The van der Waals surface area contributed by atoms with Crippen LogP contribution in [0.4, 0.5) is 0 Å². The lowest BCUT2D eigenvalue weighted by molar-refractivity contribution is 0.374. The molecule has 2 aromatic heterocycles. The molecule has 3 rings (SSSR count). The summed E-state index contributed by atoms with van der Waals surface area (Å²) >= 11 is 0. The second-order valence-electron chi connectivity index (χ2n) is 4.04. The molecule has 2 heterocycles. The maximum Gasteiger partial charge on any atom is 0.223 e. The highest BCUT2D eigenvalue weighted by Crippen LogP contribution is 2.30. The number of benzene rings is 1. The van der Waals surface area contributed by atoms with E-state index in [1.54, 1.807) is 43.9 Å². The zero-order valence-corrected chi connectivity index (χ0v) is 11.3. The van der Waals surface area contributed by atoms with E-state index in [2.05, 4.69) is 19.9 Å². The molecule has 0 spiro atoms. The van der Waals surface area contributed by atoms with Gasteiger partial charge in [-0.2, -0.15) is 4.98 Å². The van der Waals surface area contributed by atoms with Gasteiger partial charge in [-0.05, 0) is 18.2 Å². The Morgan fingerprint density at radius 2 is 1.48 bits per heavy atom. The van der Waals surface area contributed by atoms with Crippen molar-refractivity contribution in [1.29, 1.82) is 0 Å². The minimum Gasteiger partial charge on any atom is -0.493 e. The van der Waals surface area contributed by atoms with Crippen molar-refractivity contribution in [3.8, 4) is 29.0 Å². The highest BCUT2D eigenvalue weighted by Gasteiger charge is 2.08. The number of para-hydroxylation sites is 2. The van der Waals surface area contributed by atoms with Gasteiger partial charge in [-0.25, -0.2) is 15.0 Å². The maximum absolute atomic E-state index is 5.73. The van der Waals surface area contributed by atoms with Crippen LogP contribution in [0.3, 0.4) is 0 Å². The topological polar surface area (TPSA) is 70.0 Å². The number of methoxy groups -OCH3 is 1. The van der Waals surface area contributed by atoms with Gasteiger partial charge in [0.1, 0.15) is 0 Å². The quantitative estimate of drug-likeness (QED) is 0.731. The van der Waals surface area contributed by atoms with Gasteiger partial charge < -0.3 is 9.47 Å². The Hall–Kier alpha value is -3.02. The Balaban J connectivity index is 1.90. The van der Waals surface area contributed by atoms with Gasteiger partial charge in [0.05, 0.1) is 7.11 Å². The molecular weight excluding hydrogens is 268 g/mol. The summed E-state index contributed by atoms with van der Waals surface area (Å²) in [5, 5.41) is 0. The smallest absolute Gasteiger partial charge is 0.223 e. The molecule has 0 aliphatic heterocycles. The number of ether oxygens (including phenoxy) is 2. The van der Waals surface area contributed by atoms with E-state index in [1.807, 2.05) is 18.2 Å². The van der Waals surface area contributed by atoms with E-state index in [0.717, 1.165) is 0 Å². The molecule has 0 aliphatic carbocycles. The fraction of sp³-hybridized carbons (Fsp3) is 0.0667. The summed E-state index contributed by atoms with van der Waals surface area (Å²) in [7, 11) is 1.59. The van der Waals surface area contributed by atoms with E-state index in [-0.39, 0.29) is 0 Å². The summed E-state index contributed by atoms with van der Waals surface area (Å²) in [5.74, 6) is 2.47. The minimum atomic E-state index is 0.400.